The minimum atomic E-state index is 0.780. The van der Waals surface area contributed by atoms with E-state index >= 15 is 0 Å². The lowest BCUT2D eigenvalue weighted by Crippen LogP contribution is -2.35. The number of nitrogens with one attached hydrogen (secondary N) is 1. The number of unbranched alkanes of at least 4 members (excludes halogenated alkanes) is 2. The molecule has 1 N–H and O–H groups in total. The Hall–Kier alpha value is -0.120. The van der Waals surface area contributed by atoms with E-state index in [4.69, 9.17) is 0 Å². The molecule has 2 saturated heterocycles. The topological polar surface area (TPSA) is 18.5 Å². The summed E-state index contributed by atoms with van der Waals surface area (Å²) in [5, 5.41) is 3.54. The van der Waals surface area contributed by atoms with Crippen LogP contribution in [-0.4, -0.2) is 61.7 Å². The van der Waals surface area contributed by atoms with Crippen LogP contribution in [0.4, 0.5) is 0 Å². The second-order valence-corrected chi connectivity index (χ2v) is 7.14. The van der Waals surface area contributed by atoms with Gasteiger partial charge in [-0.25, -0.2) is 0 Å². The van der Waals surface area contributed by atoms with Crippen LogP contribution in [0, 0.1) is 5.92 Å². The van der Waals surface area contributed by atoms with E-state index in [1.165, 1.54) is 84.3 Å². The maximum absolute atomic E-state index is 3.54. The van der Waals surface area contributed by atoms with Gasteiger partial charge in [-0.1, -0.05) is 20.3 Å². The Morgan fingerprint density at radius 2 is 1.85 bits per heavy atom. The average Bonchev–Trinajstić information content (AvgIpc) is 3.08. The standard InChI is InChI=1S/C17H35N3/c1-16(2)14-18-9-4-3-5-10-19-13-8-17(15-19)20-11-6-7-12-20/h16-18H,3-15H2,1-2H3. The van der Waals surface area contributed by atoms with Gasteiger partial charge >= 0.3 is 0 Å². The normalized spacial score (nSPS) is 25.1. The summed E-state index contributed by atoms with van der Waals surface area (Å²) in [6.45, 7) is 13.7. The number of rotatable bonds is 9. The van der Waals surface area contributed by atoms with Gasteiger partial charge in [0.15, 0.2) is 0 Å². The molecule has 2 aliphatic heterocycles. The van der Waals surface area contributed by atoms with E-state index in [1.54, 1.807) is 0 Å². The predicted octanol–water partition coefficient (Wildman–Crippen LogP) is 2.57. The molecule has 0 aromatic rings. The lowest BCUT2D eigenvalue weighted by atomic mass is 10.2. The Bertz CT molecular complexity index is 249. The van der Waals surface area contributed by atoms with Crippen LogP contribution in [0.3, 0.4) is 0 Å². The third kappa shape index (κ3) is 5.71. The maximum atomic E-state index is 3.54. The Labute approximate surface area is 126 Å². The molecule has 0 aromatic carbocycles. The summed E-state index contributed by atoms with van der Waals surface area (Å²) in [4.78, 5) is 5.43. The molecule has 1 unspecified atom stereocenters. The number of nitrogens with zero attached hydrogens (tertiary/aromatic N) is 2. The fourth-order valence-electron chi connectivity index (χ4n) is 3.57. The maximum Gasteiger partial charge on any atom is 0.0235 e. The quantitative estimate of drug-likeness (QED) is 0.655. The average molecular weight is 281 g/mol. The van der Waals surface area contributed by atoms with E-state index in [0.29, 0.717) is 0 Å². The van der Waals surface area contributed by atoms with E-state index in [2.05, 4.69) is 29.0 Å². The molecule has 0 aromatic heterocycles. The molecule has 0 aliphatic carbocycles. The zero-order valence-electron chi connectivity index (χ0n) is 13.7. The van der Waals surface area contributed by atoms with Crippen molar-refractivity contribution in [2.75, 3.05) is 45.8 Å². The van der Waals surface area contributed by atoms with Crippen LogP contribution >= 0.6 is 0 Å². The van der Waals surface area contributed by atoms with Gasteiger partial charge in [0, 0.05) is 12.6 Å². The molecular formula is C17H35N3. The Kier molecular flexibility index (Phi) is 7.32. The summed E-state index contributed by atoms with van der Waals surface area (Å²) in [6.07, 6.45) is 8.39. The van der Waals surface area contributed by atoms with Gasteiger partial charge in [-0.15, -0.1) is 0 Å². The first kappa shape index (κ1) is 16.3. The highest BCUT2D eigenvalue weighted by atomic mass is 15.3. The second kappa shape index (κ2) is 9.01. The van der Waals surface area contributed by atoms with Crippen molar-refractivity contribution in [3.63, 3.8) is 0 Å². The van der Waals surface area contributed by atoms with Gasteiger partial charge in [0.2, 0.25) is 0 Å². The van der Waals surface area contributed by atoms with Crippen LogP contribution in [-0.2, 0) is 0 Å². The van der Waals surface area contributed by atoms with Gasteiger partial charge in [-0.05, 0) is 77.3 Å². The summed E-state index contributed by atoms with van der Waals surface area (Å²) in [7, 11) is 0. The van der Waals surface area contributed by atoms with Crippen molar-refractivity contribution in [1.29, 1.82) is 0 Å². The van der Waals surface area contributed by atoms with Crippen LogP contribution in [0.2, 0.25) is 0 Å². The van der Waals surface area contributed by atoms with Crippen LogP contribution in [0.1, 0.15) is 52.4 Å². The largest absolute Gasteiger partial charge is 0.316 e. The van der Waals surface area contributed by atoms with Gasteiger partial charge in [-0.2, -0.15) is 0 Å². The molecule has 2 rings (SSSR count). The molecule has 118 valence electrons. The molecule has 3 heteroatoms. The number of likely N-dealkylation sites (tertiary alicyclic amines) is 2. The van der Waals surface area contributed by atoms with Crippen molar-refractivity contribution in [2.24, 2.45) is 5.92 Å². The zero-order valence-corrected chi connectivity index (χ0v) is 13.7. The number of hydrogen-bond donors (Lipinski definition) is 1. The van der Waals surface area contributed by atoms with Crippen molar-refractivity contribution in [3.8, 4) is 0 Å². The Balaban J connectivity index is 1.44. The summed E-state index contributed by atoms with van der Waals surface area (Å²) >= 11 is 0. The van der Waals surface area contributed by atoms with Crippen molar-refractivity contribution in [1.82, 2.24) is 15.1 Å². The first-order valence-corrected chi connectivity index (χ1v) is 8.93. The van der Waals surface area contributed by atoms with E-state index in [1.807, 2.05) is 0 Å². The summed E-state index contributed by atoms with van der Waals surface area (Å²) in [5.41, 5.74) is 0. The lowest BCUT2D eigenvalue weighted by Gasteiger charge is -2.23. The Morgan fingerprint density at radius 3 is 2.60 bits per heavy atom. The van der Waals surface area contributed by atoms with Crippen molar-refractivity contribution < 1.29 is 0 Å². The minimum Gasteiger partial charge on any atom is -0.316 e. The molecule has 2 aliphatic rings. The van der Waals surface area contributed by atoms with Gasteiger partial charge in [0.25, 0.3) is 0 Å². The van der Waals surface area contributed by atoms with Crippen LogP contribution in [0.15, 0.2) is 0 Å². The SMILES string of the molecule is CC(C)CNCCCCCN1CCC(N2CCCC2)C1. The molecule has 0 bridgehead atoms. The van der Waals surface area contributed by atoms with Crippen molar-refractivity contribution in [2.45, 2.75) is 58.4 Å². The molecule has 1 atom stereocenters. The highest BCUT2D eigenvalue weighted by Gasteiger charge is 2.28. The minimum absolute atomic E-state index is 0.780. The molecule has 0 spiro atoms. The lowest BCUT2D eigenvalue weighted by molar-refractivity contribution is 0.231. The molecule has 2 fully saturated rings. The fraction of sp³-hybridized carbons (Fsp3) is 1.00. The third-order valence-electron chi connectivity index (χ3n) is 4.79. The first-order chi connectivity index (χ1) is 9.75. The molecule has 20 heavy (non-hydrogen) atoms. The van der Waals surface area contributed by atoms with Crippen LogP contribution in [0.5, 0.6) is 0 Å². The highest BCUT2D eigenvalue weighted by Crippen LogP contribution is 2.20. The molecule has 0 saturated carbocycles. The van der Waals surface area contributed by atoms with Gasteiger partial charge < -0.3 is 10.2 Å². The van der Waals surface area contributed by atoms with Gasteiger partial charge in [0.05, 0.1) is 0 Å². The summed E-state index contributed by atoms with van der Waals surface area (Å²) in [5.74, 6) is 0.780. The Morgan fingerprint density at radius 1 is 1.05 bits per heavy atom. The molecule has 0 radical (unpaired) electrons. The predicted molar refractivity (Wildman–Crippen MR) is 87.2 cm³/mol. The monoisotopic (exact) mass is 281 g/mol. The fourth-order valence-corrected chi connectivity index (χ4v) is 3.57. The van der Waals surface area contributed by atoms with Gasteiger partial charge in [-0.3, -0.25) is 4.90 Å². The van der Waals surface area contributed by atoms with E-state index < -0.39 is 0 Å². The smallest absolute Gasteiger partial charge is 0.0235 e. The van der Waals surface area contributed by atoms with Crippen molar-refractivity contribution in [3.05, 3.63) is 0 Å². The summed E-state index contributed by atoms with van der Waals surface area (Å²) < 4.78 is 0. The van der Waals surface area contributed by atoms with E-state index in [-0.39, 0.29) is 0 Å². The molecule has 2 heterocycles. The highest BCUT2D eigenvalue weighted by molar-refractivity contribution is 4.85. The first-order valence-electron chi connectivity index (χ1n) is 8.93. The zero-order chi connectivity index (χ0) is 14.2. The molecule has 0 amide bonds. The van der Waals surface area contributed by atoms with Crippen LogP contribution in [0.25, 0.3) is 0 Å². The van der Waals surface area contributed by atoms with E-state index in [0.717, 1.165) is 12.0 Å². The van der Waals surface area contributed by atoms with E-state index in [9.17, 15) is 0 Å². The third-order valence-corrected chi connectivity index (χ3v) is 4.79. The second-order valence-electron chi connectivity index (χ2n) is 7.14. The van der Waals surface area contributed by atoms with Crippen LogP contribution < -0.4 is 5.32 Å². The van der Waals surface area contributed by atoms with Crippen molar-refractivity contribution >= 4 is 0 Å². The molecule has 3 nitrogen and oxygen atoms in total. The molecular weight excluding hydrogens is 246 g/mol. The number of hydrogen-bond acceptors (Lipinski definition) is 3. The van der Waals surface area contributed by atoms with Gasteiger partial charge in [0.1, 0.15) is 0 Å². The summed E-state index contributed by atoms with van der Waals surface area (Å²) in [6, 6.07) is 0.880.